The molecule has 3 N–H and O–H groups in total. The largest absolute Gasteiger partial charge is 0.356 e. The average Bonchev–Trinajstić information content (AvgIpc) is 2.69. The van der Waals surface area contributed by atoms with Crippen LogP contribution in [-0.2, 0) is 26.2 Å². The summed E-state index contributed by atoms with van der Waals surface area (Å²) >= 11 is 0. The number of aryl methyl sites for hydroxylation is 2. The van der Waals surface area contributed by atoms with Gasteiger partial charge in [-0.25, -0.2) is 13.1 Å². The standard InChI is InChI=1S/C20H26N4O4S/c1-15-3-4-16(2)18(13-15)29(27,28)24-12-8-19(25)22-11-7-20(26)23-14-17-5-9-21-10-6-17/h3-6,9-10,13,24H,7-8,11-12,14H2,1-2H3,(H,22,25)(H,23,26). The first kappa shape index (κ1) is 22.5. The Kier molecular flexibility index (Phi) is 8.29. The number of sulfonamides is 1. The predicted molar refractivity (Wildman–Crippen MR) is 109 cm³/mol. The van der Waals surface area contributed by atoms with Crippen LogP contribution in [0.3, 0.4) is 0 Å². The second-order valence-corrected chi connectivity index (χ2v) is 8.38. The van der Waals surface area contributed by atoms with Gasteiger partial charge in [-0.15, -0.1) is 0 Å². The minimum atomic E-state index is -3.68. The van der Waals surface area contributed by atoms with Gasteiger partial charge in [0.25, 0.3) is 0 Å². The molecule has 0 aliphatic carbocycles. The number of carbonyl (C=O) groups is 2. The van der Waals surface area contributed by atoms with Gasteiger partial charge in [0, 0.05) is 44.9 Å². The Morgan fingerprint density at radius 2 is 1.59 bits per heavy atom. The molecule has 2 amide bonds. The fourth-order valence-electron chi connectivity index (χ4n) is 2.57. The molecule has 1 aromatic heterocycles. The summed E-state index contributed by atoms with van der Waals surface area (Å²) in [4.78, 5) is 27.8. The third-order valence-corrected chi connectivity index (χ3v) is 5.79. The summed E-state index contributed by atoms with van der Waals surface area (Å²) in [7, 11) is -3.68. The van der Waals surface area contributed by atoms with Gasteiger partial charge in [0.1, 0.15) is 0 Å². The Bertz CT molecular complexity index is 946. The molecule has 0 atom stereocenters. The molecule has 2 aromatic rings. The van der Waals surface area contributed by atoms with Crippen LogP contribution in [0.4, 0.5) is 0 Å². The normalized spacial score (nSPS) is 11.1. The van der Waals surface area contributed by atoms with Crippen molar-refractivity contribution in [1.82, 2.24) is 20.3 Å². The molecular weight excluding hydrogens is 392 g/mol. The lowest BCUT2D eigenvalue weighted by atomic mass is 10.2. The van der Waals surface area contributed by atoms with Crippen LogP contribution in [0, 0.1) is 13.8 Å². The molecule has 0 bridgehead atoms. The first-order valence-corrected chi connectivity index (χ1v) is 10.8. The average molecular weight is 419 g/mol. The number of nitrogens with zero attached hydrogens (tertiary/aromatic N) is 1. The summed E-state index contributed by atoms with van der Waals surface area (Å²) in [6.07, 6.45) is 3.43. The number of amides is 2. The second-order valence-electron chi connectivity index (χ2n) is 6.65. The molecule has 0 aliphatic rings. The van der Waals surface area contributed by atoms with E-state index in [1.165, 1.54) is 0 Å². The number of benzene rings is 1. The van der Waals surface area contributed by atoms with Crippen LogP contribution in [0.5, 0.6) is 0 Å². The molecule has 9 heteroatoms. The van der Waals surface area contributed by atoms with Crippen molar-refractivity contribution in [1.29, 1.82) is 0 Å². The van der Waals surface area contributed by atoms with E-state index >= 15 is 0 Å². The first-order chi connectivity index (χ1) is 13.8. The maximum Gasteiger partial charge on any atom is 0.240 e. The summed E-state index contributed by atoms with van der Waals surface area (Å²) in [5, 5.41) is 5.37. The summed E-state index contributed by atoms with van der Waals surface area (Å²) in [5.41, 5.74) is 2.43. The minimum absolute atomic E-state index is 0.0112. The number of aromatic nitrogens is 1. The third kappa shape index (κ3) is 7.63. The molecular formula is C20H26N4O4S. The molecule has 1 heterocycles. The number of rotatable bonds is 10. The Hall–Kier alpha value is -2.78. The smallest absolute Gasteiger partial charge is 0.240 e. The van der Waals surface area contributed by atoms with Gasteiger partial charge in [0.15, 0.2) is 0 Å². The lowest BCUT2D eigenvalue weighted by Gasteiger charge is -2.10. The monoisotopic (exact) mass is 418 g/mol. The van der Waals surface area contributed by atoms with E-state index < -0.39 is 10.0 Å². The number of nitrogens with one attached hydrogen (secondary N) is 3. The SMILES string of the molecule is Cc1ccc(C)c(S(=O)(=O)NCCC(=O)NCCC(=O)NCc2ccncc2)c1. The van der Waals surface area contributed by atoms with E-state index in [-0.39, 0.29) is 42.6 Å². The lowest BCUT2D eigenvalue weighted by molar-refractivity contribution is -0.122. The summed E-state index contributed by atoms with van der Waals surface area (Å²) in [6.45, 7) is 4.11. The molecule has 0 saturated heterocycles. The van der Waals surface area contributed by atoms with Crippen LogP contribution in [0.1, 0.15) is 29.5 Å². The van der Waals surface area contributed by atoms with Gasteiger partial charge in [0.2, 0.25) is 21.8 Å². The van der Waals surface area contributed by atoms with E-state index in [1.54, 1.807) is 43.6 Å². The summed E-state index contributed by atoms with van der Waals surface area (Å²) in [6, 6.07) is 8.80. The van der Waals surface area contributed by atoms with Crippen molar-refractivity contribution in [3.63, 3.8) is 0 Å². The highest BCUT2D eigenvalue weighted by molar-refractivity contribution is 7.89. The number of hydrogen-bond donors (Lipinski definition) is 3. The van der Waals surface area contributed by atoms with Crippen molar-refractivity contribution in [2.75, 3.05) is 13.1 Å². The topological polar surface area (TPSA) is 117 Å². The highest BCUT2D eigenvalue weighted by atomic mass is 32.2. The zero-order valence-corrected chi connectivity index (χ0v) is 17.4. The van der Waals surface area contributed by atoms with Crippen LogP contribution in [0.2, 0.25) is 0 Å². The molecule has 0 radical (unpaired) electrons. The number of carbonyl (C=O) groups excluding carboxylic acids is 2. The molecule has 1 aromatic carbocycles. The van der Waals surface area contributed by atoms with E-state index in [1.807, 2.05) is 13.0 Å². The van der Waals surface area contributed by atoms with E-state index in [0.29, 0.717) is 12.1 Å². The van der Waals surface area contributed by atoms with Crippen LogP contribution in [-0.4, -0.2) is 38.3 Å². The molecule has 156 valence electrons. The van der Waals surface area contributed by atoms with E-state index in [4.69, 9.17) is 0 Å². The number of hydrogen-bond acceptors (Lipinski definition) is 5. The third-order valence-electron chi connectivity index (χ3n) is 4.19. The molecule has 8 nitrogen and oxygen atoms in total. The molecule has 29 heavy (non-hydrogen) atoms. The molecule has 0 spiro atoms. The van der Waals surface area contributed by atoms with Gasteiger partial charge >= 0.3 is 0 Å². The van der Waals surface area contributed by atoms with Crippen molar-refractivity contribution in [3.05, 3.63) is 59.4 Å². The van der Waals surface area contributed by atoms with Crippen molar-refractivity contribution >= 4 is 21.8 Å². The molecule has 0 fully saturated rings. The van der Waals surface area contributed by atoms with Gasteiger partial charge in [0.05, 0.1) is 4.90 Å². The van der Waals surface area contributed by atoms with E-state index in [9.17, 15) is 18.0 Å². The van der Waals surface area contributed by atoms with Gasteiger partial charge in [-0.05, 0) is 48.7 Å². The summed E-state index contributed by atoms with van der Waals surface area (Å²) in [5.74, 6) is -0.506. The Labute approximate surface area is 171 Å². The Morgan fingerprint density at radius 1 is 0.931 bits per heavy atom. The van der Waals surface area contributed by atoms with Crippen molar-refractivity contribution in [3.8, 4) is 0 Å². The van der Waals surface area contributed by atoms with Gasteiger partial charge in [-0.3, -0.25) is 14.6 Å². The molecule has 0 saturated carbocycles. The molecule has 2 rings (SSSR count). The molecule has 0 aliphatic heterocycles. The van der Waals surface area contributed by atoms with Gasteiger partial charge in [-0.1, -0.05) is 12.1 Å². The zero-order chi connectivity index (χ0) is 21.3. The van der Waals surface area contributed by atoms with Crippen LogP contribution < -0.4 is 15.4 Å². The zero-order valence-electron chi connectivity index (χ0n) is 16.6. The maximum atomic E-state index is 12.4. The van der Waals surface area contributed by atoms with Gasteiger partial charge < -0.3 is 10.6 Å². The molecule has 0 unspecified atom stereocenters. The van der Waals surface area contributed by atoms with Crippen LogP contribution in [0.15, 0.2) is 47.6 Å². The fourth-order valence-corrected chi connectivity index (χ4v) is 3.93. The maximum absolute atomic E-state index is 12.4. The van der Waals surface area contributed by atoms with E-state index in [2.05, 4.69) is 20.3 Å². The quantitative estimate of drug-likeness (QED) is 0.536. The fraction of sp³-hybridized carbons (Fsp3) is 0.350. The van der Waals surface area contributed by atoms with Crippen LogP contribution in [0.25, 0.3) is 0 Å². The first-order valence-electron chi connectivity index (χ1n) is 9.27. The minimum Gasteiger partial charge on any atom is -0.356 e. The Morgan fingerprint density at radius 3 is 2.31 bits per heavy atom. The van der Waals surface area contributed by atoms with Gasteiger partial charge in [-0.2, -0.15) is 0 Å². The number of pyridine rings is 1. The van der Waals surface area contributed by atoms with Crippen molar-refractivity contribution in [2.24, 2.45) is 0 Å². The predicted octanol–water partition coefficient (Wildman–Crippen LogP) is 1.19. The van der Waals surface area contributed by atoms with Crippen molar-refractivity contribution < 1.29 is 18.0 Å². The Balaban J connectivity index is 1.66. The summed E-state index contributed by atoms with van der Waals surface area (Å²) < 4.78 is 27.2. The van der Waals surface area contributed by atoms with Crippen LogP contribution >= 0.6 is 0 Å². The van der Waals surface area contributed by atoms with E-state index in [0.717, 1.165) is 11.1 Å². The second kappa shape index (κ2) is 10.7. The van der Waals surface area contributed by atoms with Crippen molar-refractivity contribution in [2.45, 2.75) is 38.1 Å². The lowest BCUT2D eigenvalue weighted by Crippen LogP contribution is -2.33. The highest BCUT2D eigenvalue weighted by Gasteiger charge is 2.17. The highest BCUT2D eigenvalue weighted by Crippen LogP contribution is 2.16.